The molecule has 8 heteroatoms. The van der Waals surface area contributed by atoms with E-state index in [9.17, 15) is 4.39 Å². The lowest BCUT2D eigenvalue weighted by atomic mass is 10.2. The van der Waals surface area contributed by atoms with Gasteiger partial charge in [-0.1, -0.05) is 0 Å². The van der Waals surface area contributed by atoms with Crippen LogP contribution < -0.4 is 10.6 Å². The summed E-state index contributed by atoms with van der Waals surface area (Å²) in [6.45, 7) is 0. The second kappa shape index (κ2) is 5.46. The zero-order valence-electron chi connectivity index (χ0n) is 9.78. The fourth-order valence-corrected chi connectivity index (χ4v) is 1.50. The van der Waals surface area contributed by atoms with Gasteiger partial charge in [0.05, 0.1) is 5.56 Å². The molecule has 6 nitrogen and oxygen atoms in total. The quantitative estimate of drug-likeness (QED) is 0.896. The van der Waals surface area contributed by atoms with Gasteiger partial charge in [0.1, 0.15) is 11.9 Å². The molecule has 0 saturated heterocycles. The summed E-state index contributed by atoms with van der Waals surface area (Å²) in [6.07, 6.45) is 0. The average molecular weight is 279 g/mol. The first kappa shape index (κ1) is 13.0. The summed E-state index contributed by atoms with van der Waals surface area (Å²) in [5, 5.41) is 14.3. The third kappa shape index (κ3) is 3.05. The first-order valence-corrected chi connectivity index (χ1v) is 5.56. The van der Waals surface area contributed by atoms with Crippen LogP contribution >= 0.6 is 11.6 Å². The van der Waals surface area contributed by atoms with E-state index in [4.69, 9.17) is 16.9 Å². The Balaban J connectivity index is 2.31. The zero-order chi connectivity index (χ0) is 13.8. The summed E-state index contributed by atoms with van der Waals surface area (Å²) in [7, 11) is 1.64. The van der Waals surface area contributed by atoms with Gasteiger partial charge in [0, 0.05) is 12.7 Å². The van der Waals surface area contributed by atoms with Gasteiger partial charge in [-0.25, -0.2) is 4.39 Å². The van der Waals surface area contributed by atoms with Crippen LogP contribution in [0.5, 0.6) is 0 Å². The largest absolute Gasteiger partial charge is 0.357 e. The Kier molecular flexibility index (Phi) is 3.73. The van der Waals surface area contributed by atoms with Crippen molar-refractivity contribution in [1.29, 1.82) is 5.26 Å². The molecule has 0 fully saturated rings. The van der Waals surface area contributed by atoms with Gasteiger partial charge in [-0.3, -0.25) is 0 Å². The second-order valence-corrected chi connectivity index (χ2v) is 3.77. The van der Waals surface area contributed by atoms with Gasteiger partial charge < -0.3 is 10.6 Å². The van der Waals surface area contributed by atoms with Gasteiger partial charge in [-0.05, 0) is 29.8 Å². The van der Waals surface area contributed by atoms with E-state index in [2.05, 4.69) is 25.6 Å². The molecular formula is C11H8ClFN6. The normalized spacial score (nSPS) is 9.79. The number of nitrogens with zero attached hydrogens (tertiary/aromatic N) is 4. The summed E-state index contributed by atoms with van der Waals surface area (Å²) in [5.41, 5.74) is 0.404. The zero-order valence-corrected chi connectivity index (χ0v) is 10.5. The molecule has 0 aliphatic heterocycles. The number of halogens is 2. The van der Waals surface area contributed by atoms with Crippen LogP contribution in [0.4, 0.5) is 22.0 Å². The number of aromatic nitrogens is 3. The number of hydrogen-bond acceptors (Lipinski definition) is 6. The lowest BCUT2D eigenvalue weighted by Crippen LogP contribution is -2.04. The van der Waals surface area contributed by atoms with Crippen molar-refractivity contribution in [2.24, 2.45) is 0 Å². The van der Waals surface area contributed by atoms with Crippen LogP contribution in [0, 0.1) is 17.1 Å². The molecule has 1 aromatic carbocycles. The molecule has 0 aliphatic carbocycles. The molecular weight excluding hydrogens is 271 g/mol. The lowest BCUT2D eigenvalue weighted by molar-refractivity contribution is 0.624. The van der Waals surface area contributed by atoms with Crippen LogP contribution in [0.25, 0.3) is 0 Å². The minimum Gasteiger partial charge on any atom is -0.357 e. The Hall–Kier alpha value is -2.46. The summed E-state index contributed by atoms with van der Waals surface area (Å²) >= 11 is 5.72. The maximum absolute atomic E-state index is 13.2. The van der Waals surface area contributed by atoms with Crippen molar-refractivity contribution in [3.05, 3.63) is 34.9 Å². The van der Waals surface area contributed by atoms with Crippen molar-refractivity contribution in [2.75, 3.05) is 17.7 Å². The monoisotopic (exact) mass is 278 g/mol. The Morgan fingerprint density at radius 2 is 2.00 bits per heavy atom. The summed E-state index contributed by atoms with van der Waals surface area (Å²) in [5.74, 6) is -0.0948. The van der Waals surface area contributed by atoms with Crippen LogP contribution in [-0.2, 0) is 0 Å². The van der Waals surface area contributed by atoms with Crippen molar-refractivity contribution < 1.29 is 4.39 Å². The molecule has 0 bridgehead atoms. The summed E-state index contributed by atoms with van der Waals surface area (Å²) in [4.78, 5) is 11.7. The third-order valence-corrected chi connectivity index (χ3v) is 2.34. The maximum Gasteiger partial charge on any atom is 0.233 e. The standard InChI is InChI=1S/C11H8ClFN6/c1-15-10-17-9(12)18-11(19-10)16-7-2-3-8(13)6(4-7)5-14/h2-4H,1H3,(H2,15,16,17,18,19). The van der Waals surface area contributed by atoms with Gasteiger partial charge in [0.25, 0.3) is 0 Å². The smallest absolute Gasteiger partial charge is 0.233 e. The average Bonchev–Trinajstić information content (AvgIpc) is 2.40. The predicted octanol–water partition coefficient (Wildman–Crippen LogP) is 2.32. The van der Waals surface area contributed by atoms with Crippen molar-refractivity contribution >= 4 is 29.2 Å². The molecule has 0 spiro atoms. The SMILES string of the molecule is CNc1nc(Cl)nc(Nc2ccc(F)c(C#N)c2)n1. The van der Waals surface area contributed by atoms with E-state index in [1.54, 1.807) is 13.1 Å². The molecule has 1 heterocycles. The first-order chi connectivity index (χ1) is 9.12. The van der Waals surface area contributed by atoms with Gasteiger partial charge in [-0.15, -0.1) is 0 Å². The van der Waals surface area contributed by atoms with Gasteiger partial charge in [-0.2, -0.15) is 20.2 Å². The minimum absolute atomic E-state index is 0.0180. The summed E-state index contributed by atoms with van der Waals surface area (Å²) in [6, 6.07) is 5.75. The number of nitriles is 1. The van der Waals surface area contributed by atoms with E-state index in [1.807, 2.05) is 0 Å². The Morgan fingerprint density at radius 3 is 2.68 bits per heavy atom. The minimum atomic E-state index is -0.586. The van der Waals surface area contributed by atoms with Gasteiger partial charge >= 0.3 is 0 Å². The Labute approximate surface area is 113 Å². The number of rotatable bonds is 3. The Bertz CT molecular complexity index is 654. The lowest BCUT2D eigenvalue weighted by Gasteiger charge is -2.06. The molecule has 0 atom stereocenters. The molecule has 0 unspecified atom stereocenters. The van der Waals surface area contributed by atoms with E-state index >= 15 is 0 Å². The highest BCUT2D eigenvalue weighted by Crippen LogP contribution is 2.18. The van der Waals surface area contributed by atoms with E-state index in [0.717, 1.165) is 0 Å². The number of nitrogens with one attached hydrogen (secondary N) is 2. The number of hydrogen-bond donors (Lipinski definition) is 2. The van der Waals surface area contributed by atoms with Crippen molar-refractivity contribution in [3.63, 3.8) is 0 Å². The topological polar surface area (TPSA) is 86.5 Å². The fourth-order valence-electron chi connectivity index (χ4n) is 1.34. The molecule has 2 aromatic rings. The molecule has 0 amide bonds. The van der Waals surface area contributed by atoms with Crippen molar-refractivity contribution in [3.8, 4) is 6.07 Å². The highest BCUT2D eigenvalue weighted by atomic mass is 35.5. The molecule has 0 aliphatic rings. The van der Waals surface area contributed by atoms with Gasteiger partial charge in [0.2, 0.25) is 17.2 Å². The van der Waals surface area contributed by atoms with Crippen LogP contribution in [0.1, 0.15) is 5.56 Å². The molecule has 2 rings (SSSR count). The molecule has 96 valence electrons. The summed E-state index contributed by atoms with van der Waals surface area (Å²) < 4.78 is 13.2. The van der Waals surface area contributed by atoms with E-state index in [1.165, 1.54) is 18.2 Å². The molecule has 0 saturated carbocycles. The molecule has 2 N–H and O–H groups in total. The predicted molar refractivity (Wildman–Crippen MR) is 68.8 cm³/mol. The maximum atomic E-state index is 13.2. The molecule has 19 heavy (non-hydrogen) atoms. The number of anilines is 3. The van der Waals surface area contributed by atoms with Crippen LogP contribution in [0.15, 0.2) is 18.2 Å². The van der Waals surface area contributed by atoms with Gasteiger partial charge in [0.15, 0.2) is 0 Å². The second-order valence-electron chi connectivity index (χ2n) is 3.43. The van der Waals surface area contributed by atoms with Crippen LogP contribution in [-0.4, -0.2) is 22.0 Å². The van der Waals surface area contributed by atoms with Crippen molar-refractivity contribution in [2.45, 2.75) is 0 Å². The Morgan fingerprint density at radius 1 is 1.26 bits per heavy atom. The first-order valence-electron chi connectivity index (χ1n) is 5.18. The number of benzene rings is 1. The van der Waals surface area contributed by atoms with Crippen LogP contribution in [0.2, 0.25) is 5.28 Å². The highest BCUT2D eigenvalue weighted by molar-refractivity contribution is 6.28. The molecule has 0 radical (unpaired) electrons. The van der Waals surface area contributed by atoms with E-state index in [0.29, 0.717) is 11.6 Å². The third-order valence-electron chi connectivity index (χ3n) is 2.17. The van der Waals surface area contributed by atoms with Crippen molar-refractivity contribution in [1.82, 2.24) is 15.0 Å². The fraction of sp³-hybridized carbons (Fsp3) is 0.0909. The molecule has 1 aromatic heterocycles. The highest BCUT2D eigenvalue weighted by Gasteiger charge is 2.06. The van der Waals surface area contributed by atoms with Crippen LogP contribution in [0.3, 0.4) is 0 Å². The van der Waals surface area contributed by atoms with E-state index < -0.39 is 5.82 Å². The van der Waals surface area contributed by atoms with E-state index in [-0.39, 0.29) is 16.8 Å².